The normalized spacial score (nSPS) is 13.6. The van der Waals surface area contributed by atoms with Gasteiger partial charge in [-0.15, -0.1) is 0 Å². The van der Waals surface area contributed by atoms with Crippen LogP contribution in [0.5, 0.6) is 0 Å². The first-order chi connectivity index (χ1) is 19.8. The quantitative estimate of drug-likeness (QED) is 0.168. The molecule has 3 heterocycles. The van der Waals surface area contributed by atoms with Crippen LogP contribution in [0, 0.1) is 0 Å². The van der Waals surface area contributed by atoms with E-state index in [1.54, 1.807) is 0 Å². The summed E-state index contributed by atoms with van der Waals surface area (Å²) in [6.45, 7) is 26.7. The number of nitrogens with zero attached hydrogens (tertiary/aromatic N) is 6. The molecule has 8 heteroatoms. The molecule has 0 N–H and O–H groups in total. The van der Waals surface area contributed by atoms with Gasteiger partial charge in [-0.2, -0.15) is 15.3 Å². The minimum atomic E-state index is -0.292. The zero-order chi connectivity index (χ0) is 31.1. The molecule has 3 aromatic heterocycles. The van der Waals surface area contributed by atoms with Crippen molar-refractivity contribution in [3.8, 4) is 0 Å². The molecule has 0 spiro atoms. The Balaban J connectivity index is 0.000000620. The molecule has 0 fully saturated rings. The maximum atomic E-state index is 5.19. The van der Waals surface area contributed by atoms with E-state index in [0.717, 1.165) is 17.1 Å². The zero-order valence-corrected chi connectivity index (χ0v) is 30.6. The molecule has 0 amide bonds. The molecule has 3 aromatic rings. The van der Waals surface area contributed by atoms with E-state index in [-0.39, 0.29) is 26.6 Å². The first kappa shape index (κ1) is 37.0. The van der Waals surface area contributed by atoms with E-state index in [1.807, 2.05) is 0 Å². The standard InChI is InChI=1S/C27H45BN6.C8H12.Rh/c1-16(2)22-13-25(19(7)8)32(29-22)28(33-26(20(9)10)14-23(30-33)17(3)4)34-27(21(11)12)15-24(31-34)18(5)6;1-2-4-6-8-7-5-3-1;/h13-21H,1-12H3;1-2,7-8H,3-6H2;. The van der Waals surface area contributed by atoms with Crippen LogP contribution in [0.2, 0.25) is 0 Å². The van der Waals surface area contributed by atoms with Gasteiger partial charge in [0.1, 0.15) is 0 Å². The molecule has 0 atom stereocenters. The first-order valence-electron chi connectivity index (χ1n) is 16.4. The molecule has 239 valence electrons. The third-order valence-corrected chi connectivity index (χ3v) is 7.89. The van der Waals surface area contributed by atoms with E-state index in [2.05, 4.69) is 139 Å². The fraction of sp³-hybridized carbons (Fsp3) is 0.629. The van der Waals surface area contributed by atoms with Crippen LogP contribution >= 0.6 is 0 Å². The maximum absolute atomic E-state index is 5.19. The Morgan fingerprint density at radius 2 is 0.674 bits per heavy atom. The van der Waals surface area contributed by atoms with Gasteiger partial charge in [-0.25, -0.2) is 0 Å². The Kier molecular flexibility index (Phi) is 14.4. The molecule has 1 aliphatic rings. The molecule has 1 aliphatic carbocycles. The van der Waals surface area contributed by atoms with E-state index in [9.17, 15) is 0 Å². The van der Waals surface area contributed by atoms with Crippen LogP contribution in [-0.4, -0.2) is 36.2 Å². The topological polar surface area (TPSA) is 53.5 Å². The smallest absolute Gasteiger partial charge is 0.265 e. The number of aromatic nitrogens is 6. The van der Waals surface area contributed by atoms with Crippen LogP contribution < -0.4 is 0 Å². The second kappa shape index (κ2) is 16.8. The Labute approximate surface area is 275 Å². The third kappa shape index (κ3) is 9.39. The van der Waals surface area contributed by atoms with Crippen LogP contribution in [0.4, 0.5) is 0 Å². The summed E-state index contributed by atoms with van der Waals surface area (Å²) < 4.78 is 6.56. The molecule has 43 heavy (non-hydrogen) atoms. The van der Waals surface area contributed by atoms with E-state index in [0.29, 0.717) is 35.5 Å². The Morgan fingerprint density at radius 3 is 0.860 bits per heavy atom. The van der Waals surface area contributed by atoms with Gasteiger partial charge in [0.25, 0.3) is 0 Å². The molecule has 0 aliphatic heterocycles. The van der Waals surface area contributed by atoms with Gasteiger partial charge in [-0.3, -0.25) is 13.8 Å². The van der Waals surface area contributed by atoms with Crippen molar-refractivity contribution in [2.75, 3.05) is 0 Å². The fourth-order valence-corrected chi connectivity index (χ4v) is 5.15. The molecule has 0 aromatic carbocycles. The van der Waals surface area contributed by atoms with Crippen molar-refractivity contribution < 1.29 is 19.5 Å². The summed E-state index contributed by atoms with van der Waals surface area (Å²) in [5, 5.41) is 15.6. The predicted octanol–water partition coefficient (Wildman–Crippen LogP) is 9.62. The van der Waals surface area contributed by atoms with Gasteiger partial charge < -0.3 is 0 Å². The average Bonchev–Trinajstić information content (AvgIpc) is 3.62. The van der Waals surface area contributed by atoms with Crippen molar-refractivity contribution in [2.24, 2.45) is 0 Å². The monoisotopic (exact) mass is 675 g/mol. The van der Waals surface area contributed by atoms with Gasteiger partial charge in [0.05, 0.1) is 17.1 Å². The second-order valence-corrected chi connectivity index (χ2v) is 13.7. The Morgan fingerprint density at radius 1 is 0.442 bits per heavy atom. The van der Waals surface area contributed by atoms with E-state index in [1.165, 1.54) is 42.8 Å². The molecule has 0 bridgehead atoms. The van der Waals surface area contributed by atoms with Crippen molar-refractivity contribution in [3.05, 3.63) is 76.7 Å². The van der Waals surface area contributed by atoms with Crippen molar-refractivity contribution in [1.82, 2.24) is 29.1 Å². The van der Waals surface area contributed by atoms with Crippen molar-refractivity contribution in [1.29, 1.82) is 0 Å². The largest absolute Gasteiger partial charge is 0.569 e. The Bertz CT molecular complexity index is 1160. The van der Waals surface area contributed by atoms with Crippen LogP contribution in [0.3, 0.4) is 0 Å². The number of hydrogen-bond donors (Lipinski definition) is 0. The minimum absolute atomic E-state index is 0. The Hall–Kier alpha value is -2.20. The molecule has 1 radical (unpaired) electrons. The molecule has 0 saturated heterocycles. The summed E-state index contributed by atoms with van der Waals surface area (Å²) in [7, 11) is -0.292. The zero-order valence-electron chi connectivity index (χ0n) is 28.9. The SMILES string of the molecule is C1=CCCC=CCC1.CC(C)c1cc(C(C)C)n(B(n2nc(C(C)C)cc2C(C)C)n2nc(C(C)C)cc2C(C)C)n1.[Rh]. The number of hydrogen-bond acceptors (Lipinski definition) is 3. The predicted molar refractivity (Wildman–Crippen MR) is 180 cm³/mol. The van der Waals surface area contributed by atoms with Gasteiger partial charge in [0, 0.05) is 36.6 Å². The molecule has 0 saturated carbocycles. The molecule has 4 rings (SSSR count). The summed E-state index contributed by atoms with van der Waals surface area (Å²) in [6.07, 6.45) is 14.0. The summed E-state index contributed by atoms with van der Waals surface area (Å²) in [4.78, 5) is 0. The number of allylic oxidation sites excluding steroid dienone is 4. The van der Waals surface area contributed by atoms with Gasteiger partial charge in [-0.1, -0.05) is 107 Å². The van der Waals surface area contributed by atoms with E-state index in [4.69, 9.17) is 15.3 Å². The van der Waals surface area contributed by atoms with Crippen LogP contribution in [0.1, 0.15) is 178 Å². The van der Waals surface area contributed by atoms with Gasteiger partial charge in [0.2, 0.25) is 0 Å². The molecular weight excluding hydrogens is 618 g/mol. The van der Waals surface area contributed by atoms with E-state index < -0.39 is 0 Å². The second-order valence-electron chi connectivity index (χ2n) is 13.7. The summed E-state index contributed by atoms with van der Waals surface area (Å²) in [5.74, 6) is 2.02. The maximum Gasteiger partial charge on any atom is 0.569 e. The van der Waals surface area contributed by atoms with Gasteiger partial charge in [0.15, 0.2) is 0 Å². The van der Waals surface area contributed by atoms with E-state index >= 15 is 0 Å². The summed E-state index contributed by atoms with van der Waals surface area (Å²) in [6, 6.07) is 6.81. The van der Waals surface area contributed by atoms with Crippen LogP contribution in [-0.2, 0) is 19.5 Å². The minimum Gasteiger partial charge on any atom is -0.265 e. The average molecular weight is 676 g/mol. The van der Waals surface area contributed by atoms with Crippen molar-refractivity contribution in [3.63, 3.8) is 0 Å². The number of rotatable bonds is 9. The first-order valence-corrected chi connectivity index (χ1v) is 16.4. The third-order valence-electron chi connectivity index (χ3n) is 7.89. The van der Waals surface area contributed by atoms with Crippen LogP contribution in [0.15, 0.2) is 42.5 Å². The summed E-state index contributed by atoms with van der Waals surface area (Å²) in [5.41, 5.74) is 6.96. The van der Waals surface area contributed by atoms with Gasteiger partial charge in [-0.05, 0) is 79.4 Å². The van der Waals surface area contributed by atoms with Crippen molar-refractivity contribution in [2.45, 2.75) is 144 Å². The van der Waals surface area contributed by atoms with Crippen molar-refractivity contribution >= 4 is 7.12 Å². The fourth-order valence-electron chi connectivity index (χ4n) is 5.15. The molecule has 6 nitrogen and oxygen atoms in total. The molecular formula is C35H57BN6Rh. The summed E-state index contributed by atoms with van der Waals surface area (Å²) >= 11 is 0. The van der Waals surface area contributed by atoms with Gasteiger partial charge >= 0.3 is 7.12 Å². The molecule has 0 unspecified atom stereocenters. The van der Waals surface area contributed by atoms with Crippen LogP contribution in [0.25, 0.3) is 0 Å².